The number of para-hydroxylation sites is 2. The van der Waals surface area contributed by atoms with Crippen molar-refractivity contribution in [3.63, 3.8) is 0 Å². The number of aromatic nitrogens is 1. The molecule has 2 heterocycles. The van der Waals surface area contributed by atoms with Crippen LogP contribution in [0.1, 0.15) is 0 Å². The minimum Gasteiger partial charge on any atom is -0.310 e. The van der Waals surface area contributed by atoms with Gasteiger partial charge >= 0.3 is 0 Å². The number of nitrogens with zero attached hydrogens (tertiary/aromatic N) is 2. The second kappa shape index (κ2) is 15.9. The van der Waals surface area contributed by atoms with Crippen LogP contribution in [-0.2, 0) is 0 Å². The molecule has 0 radical (unpaired) electrons. The zero-order valence-electron chi connectivity index (χ0n) is 35.1. The highest BCUT2D eigenvalue weighted by molar-refractivity contribution is 7.25. The van der Waals surface area contributed by atoms with Crippen molar-refractivity contribution < 1.29 is 0 Å². The summed E-state index contributed by atoms with van der Waals surface area (Å²) in [6.45, 7) is 0. The highest BCUT2D eigenvalue weighted by Crippen LogP contribution is 2.43. The molecule has 0 fully saturated rings. The van der Waals surface area contributed by atoms with Gasteiger partial charge in [-0.15, -0.1) is 11.3 Å². The third-order valence-electron chi connectivity index (χ3n) is 12.9. The van der Waals surface area contributed by atoms with Crippen molar-refractivity contribution in [2.45, 2.75) is 0 Å². The van der Waals surface area contributed by atoms with Crippen molar-refractivity contribution in [1.29, 1.82) is 0 Å². The highest BCUT2D eigenvalue weighted by atomic mass is 32.1. The van der Waals surface area contributed by atoms with Crippen LogP contribution in [-0.4, -0.2) is 12.6 Å². The van der Waals surface area contributed by atoms with Gasteiger partial charge in [0.1, 0.15) is 0 Å². The van der Waals surface area contributed by atoms with E-state index in [1.54, 1.807) is 0 Å². The Balaban J connectivity index is 1.02. The molecule has 0 aliphatic rings. The summed E-state index contributed by atoms with van der Waals surface area (Å²) < 4.78 is 4.99. The molecule has 64 heavy (non-hydrogen) atoms. The molecular formula is C60H42N2SSi. The third kappa shape index (κ3) is 6.22. The van der Waals surface area contributed by atoms with E-state index in [4.69, 9.17) is 0 Å². The maximum Gasteiger partial charge on any atom is 0.179 e. The van der Waals surface area contributed by atoms with Gasteiger partial charge in [-0.1, -0.05) is 182 Å². The van der Waals surface area contributed by atoms with E-state index in [1.807, 2.05) is 11.3 Å². The van der Waals surface area contributed by atoms with E-state index in [0.717, 1.165) is 22.7 Å². The minimum atomic E-state index is -2.70. The fourth-order valence-electron chi connectivity index (χ4n) is 10.1. The predicted molar refractivity (Wildman–Crippen MR) is 277 cm³/mol. The topological polar surface area (TPSA) is 8.17 Å². The Morgan fingerprint density at radius 1 is 0.344 bits per heavy atom. The largest absolute Gasteiger partial charge is 0.310 e. The maximum absolute atomic E-state index is 2.70. The smallest absolute Gasteiger partial charge is 0.179 e. The summed E-state index contributed by atoms with van der Waals surface area (Å²) in [5.41, 5.74) is 9.32. The number of thiophene rings is 1. The fourth-order valence-corrected chi connectivity index (χ4v) is 16.0. The summed E-state index contributed by atoms with van der Waals surface area (Å²) in [6.07, 6.45) is 0. The van der Waals surface area contributed by atoms with Gasteiger partial charge in [-0.25, -0.2) is 0 Å². The van der Waals surface area contributed by atoms with Crippen LogP contribution in [0.4, 0.5) is 17.1 Å². The average molecular weight is 851 g/mol. The zero-order valence-corrected chi connectivity index (χ0v) is 36.9. The molecule has 0 unspecified atom stereocenters. The van der Waals surface area contributed by atoms with Crippen molar-refractivity contribution in [1.82, 2.24) is 4.57 Å². The van der Waals surface area contributed by atoms with Crippen LogP contribution in [0.15, 0.2) is 255 Å². The van der Waals surface area contributed by atoms with Crippen LogP contribution >= 0.6 is 11.3 Å². The Hall–Kier alpha value is -7.76. The van der Waals surface area contributed by atoms with E-state index in [9.17, 15) is 0 Å². The summed E-state index contributed by atoms with van der Waals surface area (Å²) in [4.78, 5) is 2.43. The first-order chi connectivity index (χ1) is 31.8. The maximum atomic E-state index is 2.43. The van der Waals surface area contributed by atoms with Crippen molar-refractivity contribution in [3.8, 4) is 16.8 Å². The summed E-state index contributed by atoms with van der Waals surface area (Å²) in [5.74, 6) is 0. The van der Waals surface area contributed by atoms with E-state index in [-0.39, 0.29) is 0 Å². The Kier molecular flexibility index (Phi) is 9.40. The van der Waals surface area contributed by atoms with Crippen LogP contribution in [0.25, 0.3) is 58.8 Å². The SMILES string of the molecule is c1ccc(-n2c3ccccc3c3c(-c4ccc(N(c5ccc([Si](c6ccccc6)(c6ccccc6)c6ccccc6)cc5)c5ccc6sc7ccccc7c6c5)cc4)cccc32)cc1. The number of hydrogen-bond acceptors (Lipinski definition) is 2. The molecular weight excluding hydrogens is 809 g/mol. The van der Waals surface area contributed by atoms with Crippen LogP contribution in [0.2, 0.25) is 0 Å². The molecule has 0 N–H and O–H groups in total. The van der Waals surface area contributed by atoms with Gasteiger partial charge in [0.25, 0.3) is 0 Å². The molecule has 0 saturated carbocycles. The Bertz CT molecular complexity index is 3490. The van der Waals surface area contributed by atoms with Crippen LogP contribution in [0.3, 0.4) is 0 Å². The molecule has 302 valence electrons. The van der Waals surface area contributed by atoms with E-state index in [0.29, 0.717) is 0 Å². The normalized spacial score (nSPS) is 11.8. The highest BCUT2D eigenvalue weighted by Gasteiger charge is 2.41. The Morgan fingerprint density at radius 2 is 0.828 bits per heavy atom. The molecule has 0 aliphatic carbocycles. The molecule has 10 aromatic carbocycles. The van der Waals surface area contributed by atoms with Gasteiger partial charge in [0.15, 0.2) is 8.07 Å². The lowest BCUT2D eigenvalue weighted by Gasteiger charge is -2.35. The van der Waals surface area contributed by atoms with Gasteiger partial charge < -0.3 is 9.47 Å². The summed E-state index contributed by atoms with van der Waals surface area (Å²) in [7, 11) is -2.70. The Morgan fingerprint density at radius 3 is 1.47 bits per heavy atom. The summed E-state index contributed by atoms with van der Waals surface area (Å²) in [6, 6.07) is 94.1. The Labute approximate surface area is 378 Å². The third-order valence-corrected chi connectivity index (χ3v) is 18.9. The molecule has 0 spiro atoms. The van der Waals surface area contributed by atoms with Gasteiger partial charge in [-0.2, -0.15) is 0 Å². The number of rotatable bonds is 9. The van der Waals surface area contributed by atoms with Gasteiger partial charge in [0, 0.05) is 53.7 Å². The molecule has 0 aliphatic heterocycles. The second-order valence-corrected chi connectivity index (χ2v) is 21.3. The molecule has 12 rings (SSSR count). The molecule has 0 saturated heterocycles. The first-order valence-electron chi connectivity index (χ1n) is 21.9. The second-order valence-electron chi connectivity index (χ2n) is 16.4. The number of anilines is 3. The predicted octanol–water partition coefficient (Wildman–Crippen LogP) is 13.7. The van der Waals surface area contributed by atoms with Gasteiger partial charge in [-0.3, -0.25) is 0 Å². The van der Waals surface area contributed by atoms with Crippen molar-refractivity contribution >= 4 is 99.2 Å². The molecule has 0 atom stereocenters. The van der Waals surface area contributed by atoms with Gasteiger partial charge in [-0.05, 0) is 105 Å². The van der Waals surface area contributed by atoms with Crippen LogP contribution in [0, 0.1) is 0 Å². The van der Waals surface area contributed by atoms with Crippen LogP contribution in [0.5, 0.6) is 0 Å². The monoisotopic (exact) mass is 850 g/mol. The first-order valence-corrected chi connectivity index (χ1v) is 24.7. The van der Waals surface area contributed by atoms with E-state index in [2.05, 4.69) is 264 Å². The van der Waals surface area contributed by atoms with E-state index in [1.165, 1.54) is 73.9 Å². The lowest BCUT2D eigenvalue weighted by atomic mass is 9.99. The number of fused-ring (bicyclic) bond motifs is 6. The van der Waals surface area contributed by atoms with Crippen molar-refractivity contribution in [2.24, 2.45) is 0 Å². The average Bonchev–Trinajstić information content (AvgIpc) is 3.92. The number of benzene rings is 10. The quantitative estimate of drug-likeness (QED) is 0.104. The molecule has 4 heteroatoms. The van der Waals surface area contributed by atoms with Crippen LogP contribution < -0.4 is 25.6 Å². The molecule has 0 bridgehead atoms. The zero-order chi connectivity index (χ0) is 42.5. The lowest BCUT2D eigenvalue weighted by Crippen LogP contribution is -2.74. The molecule has 2 nitrogen and oxygen atoms in total. The van der Waals surface area contributed by atoms with E-state index >= 15 is 0 Å². The minimum absolute atomic E-state index is 1.10. The number of hydrogen-bond donors (Lipinski definition) is 0. The first kappa shape index (κ1) is 38.0. The molecule has 2 aromatic heterocycles. The van der Waals surface area contributed by atoms with Gasteiger partial charge in [0.2, 0.25) is 0 Å². The fraction of sp³-hybridized carbons (Fsp3) is 0. The van der Waals surface area contributed by atoms with Crippen molar-refractivity contribution in [2.75, 3.05) is 4.90 Å². The summed E-state index contributed by atoms with van der Waals surface area (Å²) in [5, 5.41) is 10.5. The van der Waals surface area contributed by atoms with Gasteiger partial charge in [0.05, 0.1) is 11.0 Å². The molecule has 12 aromatic rings. The standard InChI is InChI=1S/C60H42N2SSi/c1-5-18-44(19-6-1)62-56-29-15-13-27-54(56)60-52(28-17-30-57(60)62)43-32-34-45(35-33-43)61(47-38-41-59-55(42-47)53-26-14-16-31-58(53)63-59)46-36-39-51(40-37-46)64(48-20-7-2-8-21-48,49-22-9-3-10-23-49)50-24-11-4-12-25-50/h1-42H. The van der Waals surface area contributed by atoms with Crippen molar-refractivity contribution in [3.05, 3.63) is 255 Å². The van der Waals surface area contributed by atoms with E-state index < -0.39 is 8.07 Å². The summed E-state index contributed by atoms with van der Waals surface area (Å²) >= 11 is 1.86. The lowest BCUT2D eigenvalue weighted by molar-refractivity contribution is 1.18. The molecule has 0 amide bonds.